The van der Waals surface area contributed by atoms with Crippen molar-refractivity contribution in [2.24, 2.45) is 0 Å². The average molecular weight is 429 g/mol. The van der Waals surface area contributed by atoms with E-state index in [1.807, 2.05) is 23.1 Å². The predicted octanol–water partition coefficient (Wildman–Crippen LogP) is 3.39. The third-order valence-electron chi connectivity index (χ3n) is 6.07. The summed E-state index contributed by atoms with van der Waals surface area (Å²) in [7, 11) is -3.07. The first kappa shape index (κ1) is 20.9. The predicted molar refractivity (Wildman–Crippen MR) is 117 cm³/mol. The Balaban J connectivity index is 1.63. The largest absolute Gasteiger partial charge is 0.438 e. The number of esters is 1. The smallest absolute Gasteiger partial charge is 0.340 e. The zero-order valence-corrected chi connectivity index (χ0v) is 18.3. The molecule has 0 amide bonds. The fourth-order valence-corrected chi connectivity index (χ4v) is 6.17. The number of anilines is 1. The van der Waals surface area contributed by atoms with Crippen LogP contribution in [-0.4, -0.2) is 49.9 Å². The van der Waals surface area contributed by atoms with Crippen molar-refractivity contribution in [2.75, 3.05) is 29.5 Å². The maximum Gasteiger partial charge on any atom is 0.340 e. The molecule has 0 aromatic heterocycles. The lowest BCUT2D eigenvalue weighted by Crippen LogP contribution is -2.39. The number of carbonyl (C=O) groups is 1. The summed E-state index contributed by atoms with van der Waals surface area (Å²) in [6.45, 7) is 6.66. The molecular weight excluding hydrogens is 400 g/mol. The summed E-state index contributed by atoms with van der Waals surface area (Å²) >= 11 is 0. The molecule has 0 aliphatic carbocycles. The summed E-state index contributed by atoms with van der Waals surface area (Å²) in [6.07, 6.45) is -0.00902. The fourth-order valence-electron chi connectivity index (χ4n) is 4.43. The molecule has 2 aromatic rings. The number of fused-ring (bicyclic) bond motifs is 1. The number of sulfone groups is 1. The zero-order valence-electron chi connectivity index (χ0n) is 17.5. The molecule has 0 bridgehead atoms. The third kappa shape index (κ3) is 4.09. The van der Waals surface area contributed by atoms with Crippen molar-refractivity contribution in [1.29, 1.82) is 0 Å². The molecule has 0 radical (unpaired) electrons. The highest BCUT2D eigenvalue weighted by molar-refractivity contribution is 7.91. The van der Waals surface area contributed by atoms with Crippen LogP contribution in [0.15, 0.2) is 48.5 Å². The van der Waals surface area contributed by atoms with Gasteiger partial charge >= 0.3 is 5.97 Å². The Morgan fingerprint density at radius 2 is 1.73 bits per heavy atom. The van der Waals surface area contributed by atoms with E-state index in [1.165, 1.54) is 0 Å². The number of ether oxygens (including phenoxy) is 1. The Morgan fingerprint density at radius 3 is 2.37 bits per heavy atom. The number of benzene rings is 2. The molecule has 0 N–H and O–H groups in total. The van der Waals surface area contributed by atoms with Crippen molar-refractivity contribution in [3.05, 3.63) is 65.2 Å². The molecule has 1 saturated heterocycles. The summed E-state index contributed by atoms with van der Waals surface area (Å²) in [4.78, 5) is 16.7. The molecule has 1 fully saturated rings. The van der Waals surface area contributed by atoms with Crippen molar-refractivity contribution in [3.63, 3.8) is 0 Å². The summed E-state index contributed by atoms with van der Waals surface area (Å²) in [5.74, 6) is -0.0728. The molecule has 4 rings (SSSR count). The summed E-state index contributed by atoms with van der Waals surface area (Å²) in [6, 6.07) is 15.5. The van der Waals surface area contributed by atoms with Crippen LogP contribution < -0.4 is 4.90 Å². The number of hydrogen-bond acceptors (Lipinski definition) is 6. The number of nitrogens with zero attached hydrogens (tertiary/aromatic N) is 2. The molecule has 7 heteroatoms. The number of carbonyl (C=O) groups excluding carboxylic acids is 1. The Bertz CT molecular complexity index is 1020. The van der Waals surface area contributed by atoms with Gasteiger partial charge in [-0.15, -0.1) is 0 Å². The van der Waals surface area contributed by atoms with Crippen LogP contribution in [0.3, 0.4) is 0 Å². The minimum atomic E-state index is -3.07. The highest BCUT2D eigenvalue weighted by Crippen LogP contribution is 2.37. The van der Waals surface area contributed by atoms with Gasteiger partial charge in [-0.2, -0.15) is 0 Å². The van der Waals surface area contributed by atoms with Crippen LogP contribution in [0.1, 0.15) is 48.0 Å². The Labute approximate surface area is 178 Å². The highest BCUT2D eigenvalue weighted by Gasteiger charge is 2.41. The van der Waals surface area contributed by atoms with E-state index in [0.29, 0.717) is 18.5 Å². The normalized spacial score (nSPS) is 22.2. The quantitative estimate of drug-likeness (QED) is 0.630. The third-order valence-corrected chi connectivity index (χ3v) is 7.82. The molecule has 2 atom stereocenters. The van der Waals surface area contributed by atoms with Crippen molar-refractivity contribution in [1.82, 2.24) is 4.90 Å². The van der Waals surface area contributed by atoms with E-state index in [-0.39, 0.29) is 23.5 Å². The standard InChI is InChI=1S/C23H28N2O4S/c1-3-24(4-2)18-11-9-17(10-12-18)15-25(19-13-14-30(27,28)16-19)22-20-7-5-6-8-21(20)23(26)29-22/h5-12,19,22H,3-4,13-16H2,1-2H3. The van der Waals surface area contributed by atoms with E-state index in [2.05, 4.69) is 43.0 Å². The van der Waals surface area contributed by atoms with E-state index >= 15 is 0 Å². The van der Waals surface area contributed by atoms with Gasteiger partial charge in [-0.25, -0.2) is 13.2 Å². The van der Waals surface area contributed by atoms with E-state index in [0.717, 1.165) is 29.9 Å². The molecule has 0 spiro atoms. The second kappa shape index (κ2) is 8.40. The van der Waals surface area contributed by atoms with Gasteiger partial charge in [0.15, 0.2) is 16.1 Å². The van der Waals surface area contributed by atoms with Crippen LogP contribution in [0.2, 0.25) is 0 Å². The van der Waals surface area contributed by atoms with E-state index in [1.54, 1.807) is 6.07 Å². The van der Waals surface area contributed by atoms with Gasteiger partial charge < -0.3 is 9.64 Å². The molecule has 2 aromatic carbocycles. The lowest BCUT2D eigenvalue weighted by molar-refractivity contribution is -0.0424. The molecule has 2 aliphatic rings. The van der Waals surface area contributed by atoms with Gasteiger partial charge in [-0.05, 0) is 44.0 Å². The van der Waals surface area contributed by atoms with Gasteiger partial charge in [0.2, 0.25) is 0 Å². The number of hydrogen-bond donors (Lipinski definition) is 0. The molecule has 2 unspecified atom stereocenters. The first-order valence-electron chi connectivity index (χ1n) is 10.5. The Morgan fingerprint density at radius 1 is 1.03 bits per heavy atom. The first-order chi connectivity index (χ1) is 14.4. The van der Waals surface area contributed by atoms with Crippen LogP contribution in [-0.2, 0) is 21.1 Å². The van der Waals surface area contributed by atoms with Gasteiger partial charge in [0.05, 0.1) is 17.1 Å². The van der Waals surface area contributed by atoms with Gasteiger partial charge in [0, 0.05) is 36.9 Å². The highest BCUT2D eigenvalue weighted by atomic mass is 32.2. The maximum atomic E-state index is 12.4. The molecule has 2 heterocycles. The zero-order chi connectivity index (χ0) is 21.3. The lowest BCUT2D eigenvalue weighted by atomic mass is 10.1. The molecule has 30 heavy (non-hydrogen) atoms. The van der Waals surface area contributed by atoms with Crippen molar-refractivity contribution < 1.29 is 17.9 Å². The fraction of sp³-hybridized carbons (Fsp3) is 0.435. The minimum Gasteiger partial charge on any atom is -0.438 e. The average Bonchev–Trinajstić information content (AvgIpc) is 3.28. The number of cyclic esters (lactones) is 1. The van der Waals surface area contributed by atoms with Gasteiger partial charge in [0.25, 0.3) is 0 Å². The summed E-state index contributed by atoms with van der Waals surface area (Å²) < 4.78 is 30.1. The van der Waals surface area contributed by atoms with Gasteiger partial charge in [0.1, 0.15) is 0 Å². The molecule has 2 aliphatic heterocycles. The summed E-state index contributed by atoms with van der Waals surface area (Å²) in [5.41, 5.74) is 3.60. The number of rotatable bonds is 7. The van der Waals surface area contributed by atoms with Crippen LogP contribution in [0.4, 0.5) is 5.69 Å². The van der Waals surface area contributed by atoms with Crippen molar-refractivity contribution in [2.45, 2.75) is 39.1 Å². The van der Waals surface area contributed by atoms with E-state index < -0.39 is 16.1 Å². The molecule has 0 saturated carbocycles. The van der Waals surface area contributed by atoms with Crippen LogP contribution in [0.5, 0.6) is 0 Å². The van der Waals surface area contributed by atoms with Crippen LogP contribution in [0.25, 0.3) is 0 Å². The topological polar surface area (TPSA) is 66.9 Å². The van der Waals surface area contributed by atoms with Crippen molar-refractivity contribution >= 4 is 21.5 Å². The minimum absolute atomic E-state index is 0.0980. The molecule has 6 nitrogen and oxygen atoms in total. The monoisotopic (exact) mass is 428 g/mol. The second-order valence-corrected chi connectivity index (χ2v) is 10.1. The first-order valence-corrected chi connectivity index (χ1v) is 12.3. The second-order valence-electron chi connectivity index (χ2n) is 7.91. The SMILES string of the molecule is CCN(CC)c1ccc(CN(C2CCS(=O)(=O)C2)C2OC(=O)c3ccccc32)cc1. The Kier molecular flexibility index (Phi) is 5.84. The van der Waals surface area contributed by atoms with Gasteiger partial charge in [-0.3, -0.25) is 4.90 Å². The molecular formula is C23H28N2O4S. The maximum absolute atomic E-state index is 12.4. The van der Waals surface area contributed by atoms with E-state index in [4.69, 9.17) is 4.74 Å². The van der Waals surface area contributed by atoms with Crippen molar-refractivity contribution in [3.8, 4) is 0 Å². The lowest BCUT2D eigenvalue weighted by Gasteiger charge is -2.33. The summed E-state index contributed by atoms with van der Waals surface area (Å²) in [5, 5.41) is 0. The van der Waals surface area contributed by atoms with Gasteiger partial charge in [-0.1, -0.05) is 30.3 Å². The Hall–Kier alpha value is -2.38. The van der Waals surface area contributed by atoms with Crippen LogP contribution in [0, 0.1) is 0 Å². The van der Waals surface area contributed by atoms with Crippen LogP contribution >= 0.6 is 0 Å². The molecule has 160 valence electrons. The van der Waals surface area contributed by atoms with E-state index in [9.17, 15) is 13.2 Å².